The van der Waals surface area contributed by atoms with Crippen molar-refractivity contribution in [3.8, 4) is 0 Å². The first kappa shape index (κ1) is 16.5. The Morgan fingerprint density at radius 3 is 2.50 bits per heavy atom. The summed E-state index contributed by atoms with van der Waals surface area (Å²) in [4.78, 5) is 24.8. The van der Waals surface area contributed by atoms with Gasteiger partial charge in [-0.25, -0.2) is 9.59 Å². The lowest BCUT2D eigenvalue weighted by atomic mass is 9.84. The molecule has 1 saturated carbocycles. The molecule has 0 bridgehead atoms. The second-order valence-corrected chi connectivity index (χ2v) is 5.12. The molecule has 20 heavy (non-hydrogen) atoms. The second kappa shape index (κ2) is 8.58. The number of carboxylic acid groups (broad SMARTS) is 1. The van der Waals surface area contributed by atoms with Crippen molar-refractivity contribution in [2.75, 3.05) is 19.7 Å². The maximum Gasteiger partial charge on any atom is 0.326 e. The summed E-state index contributed by atoms with van der Waals surface area (Å²) in [6.07, 6.45) is 6.36. The Bertz CT molecular complexity index is 340. The third-order valence-corrected chi connectivity index (χ3v) is 3.67. The molecule has 0 saturated heterocycles. The van der Waals surface area contributed by atoms with Crippen molar-refractivity contribution in [2.24, 2.45) is 5.92 Å². The largest absolute Gasteiger partial charge is 0.480 e. The van der Waals surface area contributed by atoms with Crippen LogP contribution >= 0.6 is 0 Å². The van der Waals surface area contributed by atoms with Crippen LogP contribution in [0.2, 0.25) is 0 Å². The molecule has 6 nitrogen and oxygen atoms in total. The van der Waals surface area contributed by atoms with Gasteiger partial charge in [0.15, 0.2) is 0 Å². The van der Waals surface area contributed by atoms with E-state index in [1.807, 2.05) is 0 Å². The smallest absolute Gasteiger partial charge is 0.326 e. The summed E-state index contributed by atoms with van der Waals surface area (Å²) in [5, 5.41) is 20.8. The maximum absolute atomic E-state index is 12.1. The quantitative estimate of drug-likeness (QED) is 0.613. The lowest BCUT2D eigenvalue weighted by Gasteiger charge is -2.30. The molecule has 0 aromatic heterocycles. The molecule has 1 atom stereocenters. The minimum absolute atomic E-state index is 0.00934. The topological polar surface area (TPSA) is 89.9 Å². The zero-order valence-electron chi connectivity index (χ0n) is 11.8. The van der Waals surface area contributed by atoms with Crippen LogP contribution < -0.4 is 5.32 Å². The lowest BCUT2D eigenvalue weighted by molar-refractivity contribution is -0.141. The zero-order valence-corrected chi connectivity index (χ0v) is 11.8. The molecule has 1 unspecified atom stereocenters. The fourth-order valence-corrected chi connectivity index (χ4v) is 2.63. The first-order valence-electron chi connectivity index (χ1n) is 7.10. The molecule has 1 rings (SSSR count). The van der Waals surface area contributed by atoms with E-state index in [2.05, 4.69) is 11.9 Å². The third kappa shape index (κ3) is 4.85. The van der Waals surface area contributed by atoms with Crippen molar-refractivity contribution in [2.45, 2.75) is 38.1 Å². The van der Waals surface area contributed by atoms with Crippen LogP contribution in [0.15, 0.2) is 12.7 Å². The molecule has 2 amide bonds. The highest BCUT2D eigenvalue weighted by molar-refractivity contribution is 5.82. The molecule has 1 aliphatic rings. The van der Waals surface area contributed by atoms with Crippen LogP contribution in [0.1, 0.15) is 32.1 Å². The van der Waals surface area contributed by atoms with E-state index in [-0.39, 0.29) is 25.6 Å². The van der Waals surface area contributed by atoms with E-state index in [0.29, 0.717) is 0 Å². The summed E-state index contributed by atoms with van der Waals surface area (Å²) in [6, 6.07) is -1.31. The molecular weight excluding hydrogens is 260 g/mol. The summed E-state index contributed by atoms with van der Waals surface area (Å²) < 4.78 is 0. The van der Waals surface area contributed by atoms with Crippen LogP contribution in [0.5, 0.6) is 0 Å². The van der Waals surface area contributed by atoms with Crippen LogP contribution in [0.25, 0.3) is 0 Å². The number of amides is 2. The van der Waals surface area contributed by atoms with E-state index in [9.17, 15) is 14.7 Å². The van der Waals surface area contributed by atoms with Gasteiger partial charge in [0.05, 0.1) is 6.61 Å². The summed E-state index contributed by atoms with van der Waals surface area (Å²) in [5.41, 5.74) is 0. The van der Waals surface area contributed by atoms with Crippen LogP contribution in [-0.2, 0) is 4.79 Å². The monoisotopic (exact) mass is 284 g/mol. The molecule has 1 fully saturated rings. The molecule has 0 spiro atoms. The Hall–Kier alpha value is -1.56. The Kier molecular flexibility index (Phi) is 7.08. The van der Waals surface area contributed by atoms with Crippen LogP contribution in [-0.4, -0.2) is 52.9 Å². The Labute approximate surface area is 119 Å². The molecule has 3 N–H and O–H groups in total. The standard InChI is InChI=1S/C14H24N2O4/c1-2-8-16(9-10-17)14(20)15-12(13(18)19)11-6-4-3-5-7-11/h2,11-12,17H,1,3-10H2,(H,15,20)(H,18,19). The predicted molar refractivity (Wildman–Crippen MR) is 75.4 cm³/mol. The van der Waals surface area contributed by atoms with Gasteiger partial charge in [0.1, 0.15) is 6.04 Å². The number of rotatable bonds is 7. The number of aliphatic carboxylic acids is 1. The normalized spacial score (nSPS) is 17.2. The summed E-state index contributed by atoms with van der Waals surface area (Å²) in [7, 11) is 0. The number of urea groups is 1. The first-order chi connectivity index (χ1) is 9.60. The molecular formula is C14H24N2O4. The fourth-order valence-electron chi connectivity index (χ4n) is 2.63. The average Bonchev–Trinajstić information content (AvgIpc) is 2.45. The number of nitrogens with one attached hydrogen (secondary N) is 1. The van der Waals surface area contributed by atoms with Gasteiger partial charge < -0.3 is 20.4 Å². The van der Waals surface area contributed by atoms with E-state index in [1.165, 1.54) is 4.90 Å². The van der Waals surface area contributed by atoms with Crippen molar-refractivity contribution in [1.29, 1.82) is 0 Å². The summed E-state index contributed by atoms with van der Waals surface area (Å²) >= 11 is 0. The Morgan fingerprint density at radius 1 is 1.35 bits per heavy atom. The van der Waals surface area contributed by atoms with Gasteiger partial charge in [0.2, 0.25) is 0 Å². The van der Waals surface area contributed by atoms with Crippen molar-refractivity contribution in [1.82, 2.24) is 10.2 Å². The van der Waals surface area contributed by atoms with E-state index in [0.717, 1.165) is 32.1 Å². The van der Waals surface area contributed by atoms with Crippen LogP contribution in [0.3, 0.4) is 0 Å². The molecule has 0 aromatic rings. The zero-order chi connectivity index (χ0) is 15.0. The lowest BCUT2D eigenvalue weighted by Crippen LogP contribution is -2.52. The average molecular weight is 284 g/mol. The number of carboxylic acids is 1. The van der Waals surface area contributed by atoms with Crippen molar-refractivity contribution in [3.63, 3.8) is 0 Å². The highest BCUT2D eigenvalue weighted by Crippen LogP contribution is 2.26. The molecule has 0 heterocycles. The van der Waals surface area contributed by atoms with Gasteiger partial charge in [-0.2, -0.15) is 0 Å². The number of aliphatic hydroxyl groups excluding tert-OH is 1. The van der Waals surface area contributed by atoms with Gasteiger partial charge in [-0.1, -0.05) is 25.3 Å². The van der Waals surface area contributed by atoms with Gasteiger partial charge >= 0.3 is 12.0 Å². The summed E-state index contributed by atoms with van der Waals surface area (Å²) in [6.45, 7) is 3.83. The number of aliphatic hydroxyl groups is 1. The molecule has 1 aliphatic carbocycles. The number of nitrogens with zero attached hydrogens (tertiary/aromatic N) is 1. The first-order valence-corrected chi connectivity index (χ1v) is 7.10. The Morgan fingerprint density at radius 2 is 2.00 bits per heavy atom. The van der Waals surface area contributed by atoms with E-state index < -0.39 is 18.0 Å². The molecule has 0 aromatic carbocycles. The van der Waals surface area contributed by atoms with Gasteiger partial charge in [-0.05, 0) is 18.8 Å². The van der Waals surface area contributed by atoms with Gasteiger partial charge in [0.25, 0.3) is 0 Å². The number of carbonyl (C=O) groups excluding carboxylic acids is 1. The summed E-state index contributed by atoms with van der Waals surface area (Å²) in [5.74, 6) is -1.00. The minimum atomic E-state index is -0.993. The number of hydrogen-bond acceptors (Lipinski definition) is 3. The molecule has 6 heteroatoms. The van der Waals surface area contributed by atoms with E-state index in [1.54, 1.807) is 6.08 Å². The molecule has 0 radical (unpaired) electrons. The van der Waals surface area contributed by atoms with Gasteiger partial charge in [0, 0.05) is 13.1 Å². The predicted octanol–water partition coefficient (Wildman–Crippen LogP) is 1.21. The molecule has 0 aliphatic heterocycles. The Balaban J connectivity index is 2.65. The third-order valence-electron chi connectivity index (χ3n) is 3.67. The minimum Gasteiger partial charge on any atom is -0.480 e. The van der Waals surface area contributed by atoms with Crippen molar-refractivity contribution < 1.29 is 19.8 Å². The number of hydrogen-bond donors (Lipinski definition) is 3. The SMILES string of the molecule is C=CCN(CCO)C(=O)NC(C(=O)O)C1CCCCC1. The van der Waals surface area contributed by atoms with Gasteiger partial charge in [-0.3, -0.25) is 0 Å². The van der Waals surface area contributed by atoms with Crippen LogP contribution in [0.4, 0.5) is 4.79 Å². The highest BCUT2D eigenvalue weighted by Gasteiger charge is 2.31. The highest BCUT2D eigenvalue weighted by atomic mass is 16.4. The van der Waals surface area contributed by atoms with Crippen LogP contribution in [0, 0.1) is 5.92 Å². The van der Waals surface area contributed by atoms with Crippen molar-refractivity contribution >= 4 is 12.0 Å². The van der Waals surface area contributed by atoms with E-state index in [4.69, 9.17) is 5.11 Å². The van der Waals surface area contributed by atoms with E-state index >= 15 is 0 Å². The van der Waals surface area contributed by atoms with Crippen molar-refractivity contribution in [3.05, 3.63) is 12.7 Å². The number of carbonyl (C=O) groups is 2. The second-order valence-electron chi connectivity index (χ2n) is 5.12. The maximum atomic E-state index is 12.1. The van der Waals surface area contributed by atoms with Gasteiger partial charge in [-0.15, -0.1) is 6.58 Å². The fraction of sp³-hybridized carbons (Fsp3) is 0.714. The molecule has 114 valence electrons.